The lowest BCUT2D eigenvalue weighted by Crippen LogP contribution is -2.35. The highest BCUT2D eigenvalue weighted by Gasteiger charge is 2.16. The van der Waals surface area contributed by atoms with E-state index in [9.17, 15) is 14.8 Å². The van der Waals surface area contributed by atoms with Gasteiger partial charge in [0, 0.05) is 0 Å². The van der Waals surface area contributed by atoms with Gasteiger partial charge >= 0.3 is 7.12 Å². The van der Waals surface area contributed by atoms with Gasteiger partial charge in [-0.05, 0) is 23.2 Å². The second kappa shape index (κ2) is 5.47. The van der Waals surface area contributed by atoms with Crippen molar-refractivity contribution < 1.29 is 10.0 Å². The number of rotatable bonds is 3. The van der Waals surface area contributed by atoms with Gasteiger partial charge in [0.25, 0.3) is 5.56 Å². The Labute approximate surface area is 120 Å². The molecule has 0 aliphatic carbocycles. The van der Waals surface area contributed by atoms with Gasteiger partial charge in [-0.2, -0.15) is 0 Å². The van der Waals surface area contributed by atoms with Crippen molar-refractivity contribution in [2.24, 2.45) is 0 Å². The molecule has 2 N–H and O–H groups in total. The second-order valence-corrected chi connectivity index (χ2v) is 4.64. The van der Waals surface area contributed by atoms with E-state index in [1.165, 1.54) is 4.68 Å². The van der Waals surface area contributed by atoms with Crippen LogP contribution in [0.4, 0.5) is 0 Å². The van der Waals surface area contributed by atoms with E-state index in [1.54, 1.807) is 48.5 Å². The molecule has 0 unspecified atom stereocenters. The van der Waals surface area contributed by atoms with Gasteiger partial charge in [-0.3, -0.25) is 4.79 Å². The predicted octanol–water partition coefficient (Wildman–Crippen LogP) is -0.480. The van der Waals surface area contributed by atoms with Crippen LogP contribution in [-0.4, -0.2) is 32.2 Å². The summed E-state index contributed by atoms with van der Waals surface area (Å²) in [6.07, 6.45) is 0. The maximum atomic E-state index is 12.3. The SMILES string of the molecule is O=c1c2ccccc2nnn1Cc1ccccc1B(O)O. The van der Waals surface area contributed by atoms with Crippen LogP contribution in [0.15, 0.2) is 53.3 Å². The van der Waals surface area contributed by atoms with E-state index in [0.29, 0.717) is 21.9 Å². The predicted molar refractivity (Wildman–Crippen MR) is 79.2 cm³/mol. The summed E-state index contributed by atoms with van der Waals surface area (Å²) in [5.41, 5.74) is 1.23. The maximum absolute atomic E-state index is 12.3. The van der Waals surface area contributed by atoms with E-state index in [-0.39, 0.29) is 12.1 Å². The molecular formula is C14H12BN3O3. The number of fused-ring (bicyclic) bond motifs is 1. The summed E-state index contributed by atoms with van der Waals surface area (Å²) in [4.78, 5) is 12.3. The van der Waals surface area contributed by atoms with Gasteiger partial charge in [-0.25, -0.2) is 4.68 Å². The van der Waals surface area contributed by atoms with Crippen molar-refractivity contribution in [1.82, 2.24) is 15.0 Å². The van der Waals surface area contributed by atoms with E-state index in [0.717, 1.165) is 0 Å². The molecule has 1 heterocycles. The van der Waals surface area contributed by atoms with Crippen molar-refractivity contribution in [2.45, 2.75) is 6.54 Å². The van der Waals surface area contributed by atoms with Crippen LogP contribution in [0, 0.1) is 0 Å². The average molecular weight is 281 g/mol. The molecule has 0 aliphatic heterocycles. The third-order valence-electron chi connectivity index (χ3n) is 3.28. The zero-order valence-electron chi connectivity index (χ0n) is 11.0. The van der Waals surface area contributed by atoms with Crippen molar-refractivity contribution in [1.29, 1.82) is 0 Å². The molecule has 2 aromatic carbocycles. The monoisotopic (exact) mass is 281 g/mol. The Bertz CT molecular complexity index is 848. The van der Waals surface area contributed by atoms with Gasteiger partial charge in [0.2, 0.25) is 0 Å². The molecule has 3 aromatic rings. The van der Waals surface area contributed by atoms with Crippen LogP contribution in [0.1, 0.15) is 5.56 Å². The molecule has 3 rings (SSSR count). The minimum absolute atomic E-state index is 0.129. The Morgan fingerprint density at radius 2 is 1.76 bits per heavy atom. The van der Waals surface area contributed by atoms with Crippen molar-refractivity contribution in [2.75, 3.05) is 0 Å². The Kier molecular flexibility index (Phi) is 3.51. The fraction of sp³-hybridized carbons (Fsp3) is 0.0714. The van der Waals surface area contributed by atoms with E-state index in [1.807, 2.05) is 0 Å². The van der Waals surface area contributed by atoms with E-state index < -0.39 is 7.12 Å². The smallest absolute Gasteiger partial charge is 0.423 e. The van der Waals surface area contributed by atoms with Gasteiger partial charge in [-0.15, -0.1) is 5.10 Å². The molecule has 0 aliphatic rings. The normalized spacial score (nSPS) is 10.8. The Hall–Kier alpha value is -2.51. The van der Waals surface area contributed by atoms with Crippen LogP contribution < -0.4 is 11.0 Å². The van der Waals surface area contributed by atoms with Gasteiger partial charge in [-0.1, -0.05) is 41.6 Å². The van der Waals surface area contributed by atoms with Crippen LogP contribution in [0.2, 0.25) is 0 Å². The van der Waals surface area contributed by atoms with Crippen molar-refractivity contribution in [3.63, 3.8) is 0 Å². The van der Waals surface area contributed by atoms with Gasteiger partial charge in [0.1, 0.15) is 5.52 Å². The minimum atomic E-state index is -1.59. The third kappa shape index (κ3) is 2.56. The number of aromatic nitrogens is 3. The zero-order valence-corrected chi connectivity index (χ0v) is 11.0. The summed E-state index contributed by atoms with van der Waals surface area (Å²) >= 11 is 0. The first-order valence-corrected chi connectivity index (χ1v) is 6.43. The Morgan fingerprint density at radius 1 is 1.05 bits per heavy atom. The summed E-state index contributed by atoms with van der Waals surface area (Å²) in [7, 11) is -1.59. The number of hydrogen-bond acceptors (Lipinski definition) is 5. The fourth-order valence-electron chi connectivity index (χ4n) is 2.22. The Morgan fingerprint density at radius 3 is 2.57 bits per heavy atom. The van der Waals surface area contributed by atoms with Gasteiger partial charge in [0.05, 0.1) is 11.9 Å². The topological polar surface area (TPSA) is 88.2 Å². The zero-order chi connectivity index (χ0) is 14.8. The summed E-state index contributed by atoms with van der Waals surface area (Å²) < 4.78 is 1.21. The first kappa shape index (κ1) is 13.5. The van der Waals surface area contributed by atoms with Gasteiger partial charge in [0.15, 0.2) is 0 Å². The van der Waals surface area contributed by atoms with Crippen molar-refractivity contribution in [3.05, 3.63) is 64.4 Å². The third-order valence-corrected chi connectivity index (χ3v) is 3.28. The molecule has 1 aromatic heterocycles. The molecule has 0 bridgehead atoms. The maximum Gasteiger partial charge on any atom is 0.488 e. The quantitative estimate of drug-likeness (QED) is 0.633. The number of hydrogen-bond donors (Lipinski definition) is 2. The van der Waals surface area contributed by atoms with Crippen molar-refractivity contribution >= 4 is 23.5 Å². The standard InChI is InChI=1S/C14H12BN3O3/c19-14-11-6-2-4-8-13(11)16-17-18(14)9-10-5-1-3-7-12(10)15(20)21/h1-8,20-21H,9H2. The largest absolute Gasteiger partial charge is 0.488 e. The summed E-state index contributed by atoms with van der Waals surface area (Å²) in [6.45, 7) is 0.129. The molecular weight excluding hydrogens is 269 g/mol. The van der Waals surface area contributed by atoms with E-state index in [2.05, 4.69) is 10.3 Å². The molecule has 0 saturated heterocycles. The van der Waals surface area contributed by atoms with Crippen LogP contribution in [0.5, 0.6) is 0 Å². The molecule has 0 fully saturated rings. The van der Waals surface area contributed by atoms with Crippen LogP contribution in [-0.2, 0) is 6.54 Å². The van der Waals surface area contributed by atoms with Gasteiger partial charge < -0.3 is 10.0 Å². The van der Waals surface area contributed by atoms with Crippen LogP contribution >= 0.6 is 0 Å². The molecule has 0 amide bonds. The molecule has 0 radical (unpaired) electrons. The van der Waals surface area contributed by atoms with Crippen LogP contribution in [0.25, 0.3) is 10.9 Å². The molecule has 0 spiro atoms. The molecule has 21 heavy (non-hydrogen) atoms. The summed E-state index contributed by atoms with van der Waals surface area (Å²) in [5.74, 6) is 0. The number of benzene rings is 2. The highest BCUT2D eigenvalue weighted by molar-refractivity contribution is 6.59. The lowest BCUT2D eigenvalue weighted by Gasteiger charge is -2.09. The first-order chi connectivity index (χ1) is 10.2. The highest BCUT2D eigenvalue weighted by atomic mass is 16.4. The second-order valence-electron chi connectivity index (χ2n) is 4.64. The minimum Gasteiger partial charge on any atom is -0.423 e. The van der Waals surface area contributed by atoms with E-state index >= 15 is 0 Å². The fourth-order valence-corrected chi connectivity index (χ4v) is 2.22. The van der Waals surface area contributed by atoms with Crippen LogP contribution in [0.3, 0.4) is 0 Å². The lowest BCUT2D eigenvalue weighted by molar-refractivity contribution is 0.425. The van der Waals surface area contributed by atoms with Crippen molar-refractivity contribution in [3.8, 4) is 0 Å². The Balaban J connectivity index is 2.07. The number of nitrogens with zero attached hydrogens (tertiary/aromatic N) is 3. The summed E-state index contributed by atoms with van der Waals surface area (Å²) in [6, 6.07) is 13.7. The average Bonchev–Trinajstić information content (AvgIpc) is 2.51. The molecule has 104 valence electrons. The molecule has 7 heteroatoms. The highest BCUT2D eigenvalue weighted by Crippen LogP contribution is 2.04. The molecule has 6 nitrogen and oxygen atoms in total. The first-order valence-electron chi connectivity index (χ1n) is 6.43. The molecule has 0 atom stereocenters. The lowest BCUT2D eigenvalue weighted by atomic mass is 9.77. The molecule has 0 saturated carbocycles. The van der Waals surface area contributed by atoms with E-state index in [4.69, 9.17) is 0 Å². The summed E-state index contributed by atoms with van der Waals surface area (Å²) in [5, 5.41) is 27.1.